The summed E-state index contributed by atoms with van der Waals surface area (Å²) in [5.41, 5.74) is 2.52. The molecule has 29 heavy (non-hydrogen) atoms. The molecule has 0 saturated heterocycles. The van der Waals surface area contributed by atoms with Crippen LogP contribution < -0.4 is 19.7 Å². The Bertz CT molecular complexity index is 1030. The van der Waals surface area contributed by atoms with Gasteiger partial charge in [-0.15, -0.1) is 0 Å². The van der Waals surface area contributed by atoms with Crippen LogP contribution in [0, 0.1) is 0 Å². The van der Waals surface area contributed by atoms with Gasteiger partial charge in [0, 0.05) is 16.9 Å². The largest absolute Gasteiger partial charge is 0.504 e. The van der Waals surface area contributed by atoms with E-state index >= 15 is 0 Å². The van der Waals surface area contributed by atoms with Gasteiger partial charge in [0.05, 0.1) is 19.3 Å². The van der Waals surface area contributed by atoms with E-state index in [4.69, 9.17) is 9.47 Å². The lowest BCUT2D eigenvalue weighted by molar-refractivity contribution is 0.0974. The fraction of sp³-hybridized carbons (Fsp3) is 0.174. The zero-order valence-corrected chi connectivity index (χ0v) is 16.3. The van der Waals surface area contributed by atoms with Gasteiger partial charge in [-0.1, -0.05) is 24.3 Å². The lowest BCUT2D eigenvalue weighted by atomic mass is 10.0. The summed E-state index contributed by atoms with van der Waals surface area (Å²) in [7, 11) is 1.60. The van der Waals surface area contributed by atoms with Crippen LogP contribution in [0.5, 0.6) is 17.2 Å². The Balaban J connectivity index is 1.85. The summed E-state index contributed by atoms with van der Waals surface area (Å²) in [6.45, 7) is 2.29. The van der Waals surface area contributed by atoms with E-state index in [0.717, 1.165) is 0 Å². The van der Waals surface area contributed by atoms with Crippen molar-refractivity contribution in [2.75, 3.05) is 23.9 Å². The molecule has 6 nitrogen and oxygen atoms in total. The third-order valence-electron chi connectivity index (χ3n) is 4.90. The zero-order valence-electron chi connectivity index (χ0n) is 16.3. The average Bonchev–Trinajstić information content (AvgIpc) is 2.75. The first-order chi connectivity index (χ1) is 14.1. The second-order valence-electron chi connectivity index (χ2n) is 6.59. The summed E-state index contributed by atoms with van der Waals surface area (Å²) < 4.78 is 10.8. The SMILES string of the molecule is CCOc1cccc([C@H]2Nc3ccccc3C(=O)N2c2ccc(OC)cc2)c1O. The highest BCUT2D eigenvalue weighted by Gasteiger charge is 2.35. The highest BCUT2D eigenvalue weighted by molar-refractivity contribution is 6.12. The molecular weight excluding hydrogens is 368 g/mol. The van der Waals surface area contributed by atoms with Gasteiger partial charge in [0.1, 0.15) is 11.9 Å². The van der Waals surface area contributed by atoms with E-state index in [1.807, 2.05) is 37.3 Å². The minimum atomic E-state index is -0.605. The summed E-state index contributed by atoms with van der Waals surface area (Å²) in [4.78, 5) is 15.1. The van der Waals surface area contributed by atoms with E-state index in [1.165, 1.54) is 0 Å². The Morgan fingerprint density at radius 3 is 2.52 bits per heavy atom. The Morgan fingerprint density at radius 2 is 1.79 bits per heavy atom. The molecule has 3 aromatic rings. The Kier molecular flexibility index (Phi) is 4.99. The second kappa shape index (κ2) is 7.75. The van der Waals surface area contributed by atoms with Gasteiger partial charge in [0.2, 0.25) is 0 Å². The predicted molar refractivity (Wildman–Crippen MR) is 112 cm³/mol. The van der Waals surface area contributed by atoms with Crippen LogP contribution in [0.1, 0.15) is 29.0 Å². The van der Waals surface area contributed by atoms with Crippen molar-refractivity contribution in [3.63, 3.8) is 0 Å². The molecule has 148 valence electrons. The average molecular weight is 390 g/mol. The molecule has 0 fully saturated rings. The van der Waals surface area contributed by atoms with Crippen LogP contribution in [-0.2, 0) is 0 Å². The molecule has 4 rings (SSSR count). The van der Waals surface area contributed by atoms with Crippen LogP contribution in [0.4, 0.5) is 11.4 Å². The molecule has 0 unspecified atom stereocenters. The van der Waals surface area contributed by atoms with Crippen molar-refractivity contribution in [3.05, 3.63) is 77.9 Å². The molecule has 0 saturated carbocycles. The zero-order chi connectivity index (χ0) is 20.4. The Morgan fingerprint density at radius 1 is 1.03 bits per heavy atom. The van der Waals surface area contributed by atoms with Crippen LogP contribution >= 0.6 is 0 Å². The van der Waals surface area contributed by atoms with Crippen molar-refractivity contribution in [2.45, 2.75) is 13.1 Å². The second-order valence-corrected chi connectivity index (χ2v) is 6.59. The van der Waals surface area contributed by atoms with E-state index < -0.39 is 6.17 Å². The first-order valence-electron chi connectivity index (χ1n) is 9.42. The summed E-state index contributed by atoms with van der Waals surface area (Å²) in [6.07, 6.45) is -0.605. The number of phenols is 1. The predicted octanol–water partition coefficient (Wildman–Crippen LogP) is 4.57. The van der Waals surface area contributed by atoms with Crippen molar-refractivity contribution < 1.29 is 19.4 Å². The van der Waals surface area contributed by atoms with Crippen LogP contribution in [0.15, 0.2) is 66.7 Å². The number of para-hydroxylation sites is 2. The lowest BCUT2D eigenvalue weighted by Crippen LogP contribution is -2.43. The molecule has 1 amide bonds. The van der Waals surface area contributed by atoms with E-state index in [1.54, 1.807) is 48.4 Å². The normalized spacial score (nSPS) is 15.4. The number of hydrogen-bond acceptors (Lipinski definition) is 5. The van der Waals surface area contributed by atoms with Gasteiger partial charge in [0.25, 0.3) is 5.91 Å². The van der Waals surface area contributed by atoms with Crippen LogP contribution in [-0.4, -0.2) is 24.7 Å². The first kappa shape index (κ1) is 18.7. The summed E-state index contributed by atoms with van der Waals surface area (Å²) in [6, 6.07) is 19.9. The molecule has 0 spiro atoms. The molecule has 1 atom stereocenters. The molecule has 1 aliphatic rings. The van der Waals surface area contributed by atoms with E-state index in [2.05, 4.69) is 5.32 Å². The van der Waals surface area contributed by atoms with Gasteiger partial charge >= 0.3 is 0 Å². The molecule has 1 heterocycles. The van der Waals surface area contributed by atoms with Crippen molar-refractivity contribution in [1.82, 2.24) is 0 Å². The molecular formula is C23H22N2O4. The molecule has 0 aliphatic carbocycles. The summed E-state index contributed by atoms with van der Waals surface area (Å²) >= 11 is 0. The van der Waals surface area contributed by atoms with Crippen molar-refractivity contribution >= 4 is 17.3 Å². The molecule has 2 N–H and O–H groups in total. The minimum Gasteiger partial charge on any atom is -0.504 e. The third kappa shape index (κ3) is 3.33. The number of fused-ring (bicyclic) bond motifs is 1. The monoisotopic (exact) mass is 390 g/mol. The van der Waals surface area contributed by atoms with Crippen molar-refractivity contribution in [1.29, 1.82) is 0 Å². The van der Waals surface area contributed by atoms with Gasteiger partial charge in [-0.3, -0.25) is 9.69 Å². The van der Waals surface area contributed by atoms with E-state index in [-0.39, 0.29) is 11.7 Å². The molecule has 3 aromatic carbocycles. The van der Waals surface area contributed by atoms with Gasteiger partial charge in [-0.25, -0.2) is 0 Å². The maximum Gasteiger partial charge on any atom is 0.262 e. The number of ether oxygens (including phenoxy) is 2. The molecule has 0 bridgehead atoms. The Hall–Kier alpha value is -3.67. The number of rotatable bonds is 5. The van der Waals surface area contributed by atoms with E-state index in [9.17, 15) is 9.90 Å². The number of benzene rings is 3. The topological polar surface area (TPSA) is 71.0 Å². The highest BCUT2D eigenvalue weighted by atomic mass is 16.5. The Labute approximate surface area is 169 Å². The fourth-order valence-corrected chi connectivity index (χ4v) is 3.51. The summed E-state index contributed by atoms with van der Waals surface area (Å²) in [5.74, 6) is 0.936. The number of anilines is 2. The number of hydrogen-bond donors (Lipinski definition) is 2. The number of aromatic hydroxyl groups is 1. The summed E-state index contributed by atoms with van der Waals surface area (Å²) in [5, 5.41) is 14.2. The molecule has 0 radical (unpaired) electrons. The van der Waals surface area contributed by atoms with Crippen molar-refractivity contribution in [2.24, 2.45) is 0 Å². The van der Waals surface area contributed by atoms with Gasteiger partial charge in [0.15, 0.2) is 11.5 Å². The fourth-order valence-electron chi connectivity index (χ4n) is 3.51. The number of amides is 1. The lowest BCUT2D eigenvalue weighted by Gasteiger charge is -2.38. The van der Waals surface area contributed by atoms with Crippen LogP contribution in [0.25, 0.3) is 0 Å². The van der Waals surface area contributed by atoms with Crippen LogP contribution in [0.2, 0.25) is 0 Å². The standard InChI is InChI=1S/C23H22N2O4/c1-3-29-20-10-6-8-18(21(20)26)22-24-19-9-5-4-7-17(19)23(27)25(22)15-11-13-16(28-2)14-12-15/h4-14,22,24,26H,3H2,1-2H3/t22-/m0/s1. The van der Waals surface area contributed by atoms with Crippen LogP contribution in [0.3, 0.4) is 0 Å². The maximum absolute atomic E-state index is 13.4. The van der Waals surface area contributed by atoms with E-state index in [0.29, 0.717) is 40.6 Å². The quantitative estimate of drug-likeness (QED) is 0.668. The minimum absolute atomic E-state index is 0.0116. The maximum atomic E-state index is 13.4. The van der Waals surface area contributed by atoms with Gasteiger partial charge in [-0.2, -0.15) is 0 Å². The molecule has 1 aliphatic heterocycles. The highest BCUT2D eigenvalue weighted by Crippen LogP contribution is 2.42. The first-order valence-corrected chi connectivity index (χ1v) is 9.42. The van der Waals surface area contributed by atoms with Gasteiger partial charge in [-0.05, 0) is 49.4 Å². The molecule has 0 aromatic heterocycles. The van der Waals surface area contributed by atoms with Gasteiger partial charge < -0.3 is 19.9 Å². The number of nitrogens with one attached hydrogen (secondary N) is 1. The number of carbonyl (C=O) groups is 1. The number of carbonyl (C=O) groups excluding carboxylic acids is 1. The number of nitrogens with zero attached hydrogens (tertiary/aromatic N) is 1. The van der Waals surface area contributed by atoms with Crippen molar-refractivity contribution in [3.8, 4) is 17.2 Å². The number of phenolic OH excluding ortho intramolecular Hbond substituents is 1. The molecule has 6 heteroatoms. The number of methoxy groups -OCH3 is 1. The third-order valence-corrected chi connectivity index (χ3v) is 4.90. The smallest absolute Gasteiger partial charge is 0.262 e.